The van der Waals surface area contributed by atoms with Gasteiger partial charge >= 0.3 is 0 Å². The second kappa shape index (κ2) is 9.11. The number of ether oxygens (including phenoxy) is 1. The summed E-state index contributed by atoms with van der Waals surface area (Å²) in [7, 11) is -1.62. The SMILES string of the molecule is CCS(=O)(=O)Nc1ccc(C2=NN(Cc3cccs3)C(c3ccc(OC)cc3)C2)cc1. The minimum absolute atomic E-state index is 0.0443. The first-order chi connectivity index (χ1) is 15.0. The fourth-order valence-electron chi connectivity index (χ4n) is 3.54. The molecule has 4 rings (SSSR count). The number of hydrogen-bond acceptors (Lipinski definition) is 6. The van der Waals surface area contributed by atoms with E-state index in [1.165, 1.54) is 10.4 Å². The summed E-state index contributed by atoms with van der Waals surface area (Å²) in [6.07, 6.45) is 0.776. The Bertz CT molecular complexity index is 1140. The van der Waals surface area contributed by atoms with E-state index in [1.54, 1.807) is 37.5 Å². The molecule has 3 aromatic rings. The van der Waals surface area contributed by atoms with E-state index in [1.807, 2.05) is 24.3 Å². The molecule has 162 valence electrons. The summed E-state index contributed by atoms with van der Waals surface area (Å²) in [6, 6.07) is 19.9. The van der Waals surface area contributed by atoms with E-state index in [9.17, 15) is 8.42 Å². The number of benzene rings is 2. The third-order valence-corrected chi connectivity index (χ3v) is 7.43. The first kappa shape index (κ1) is 21.4. The number of methoxy groups -OCH3 is 1. The van der Waals surface area contributed by atoms with E-state index in [4.69, 9.17) is 9.84 Å². The van der Waals surface area contributed by atoms with Crippen molar-refractivity contribution in [2.45, 2.75) is 25.9 Å². The van der Waals surface area contributed by atoms with Gasteiger partial charge in [0.05, 0.1) is 31.2 Å². The molecule has 1 aromatic heterocycles. The first-order valence-corrected chi connectivity index (χ1v) is 12.6. The molecular weight excluding hydrogens is 430 g/mol. The lowest BCUT2D eigenvalue weighted by Crippen LogP contribution is -2.18. The van der Waals surface area contributed by atoms with Gasteiger partial charge in [0.1, 0.15) is 5.75 Å². The Labute approximate surface area is 187 Å². The van der Waals surface area contributed by atoms with Gasteiger partial charge in [0.2, 0.25) is 10.0 Å². The van der Waals surface area contributed by atoms with Gasteiger partial charge < -0.3 is 4.74 Å². The van der Waals surface area contributed by atoms with E-state index in [0.29, 0.717) is 5.69 Å². The van der Waals surface area contributed by atoms with Crippen molar-refractivity contribution in [3.8, 4) is 5.75 Å². The number of sulfonamides is 1. The van der Waals surface area contributed by atoms with Crippen LogP contribution in [-0.2, 0) is 16.6 Å². The Hall–Kier alpha value is -2.84. The van der Waals surface area contributed by atoms with Gasteiger partial charge in [-0.05, 0) is 53.8 Å². The van der Waals surface area contributed by atoms with Crippen LogP contribution in [0.15, 0.2) is 71.1 Å². The van der Waals surface area contributed by atoms with Crippen molar-refractivity contribution < 1.29 is 13.2 Å². The van der Waals surface area contributed by atoms with E-state index in [0.717, 1.165) is 30.0 Å². The van der Waals surface area contributed by atoms with Crippen molar-refractivity contribution in [2.24, 2.45) is 5.10 Å². The van der Waals surface area contributed by atoms with Crippen LogP contribution in [-0.4, -0.2) is 32.0 Å². The van der Waals surface area contributed by atoms with Crippen molar-refractivity contribution in [1.82, 2.24) is 5.01 Å². The van der Waals surface area contributed by atoms with Crippen LogP contribution in [0.4, 0.5) is 5.69 Å². The van der Waals surface area contributed by atoms with E-state index in [2.05, 4.69) is 39.4 Å². The molecule has 1 N–H and O–H groups in total. The van der Waals surface area contributed by atoms with Crippen LogP contribution in [0.25, 0.3) is 0 Å². The highest BCUT2D eigenvalue weighted by atomic mass is 32.2. The maximum Gasteiger partial charge on any atom is 0.232 e. The summed E-state index contributed by atoms with van der Waals surface area (Å²) in [5.74, 6) is 0.876. The highest BCUT2D eigenvalue weighted by Crippen LogP contribution is 2.35. The predicted octanol–water partition coefficient (Wildman–Crippen LogP) is 4.87. The van der Waals surface area contributed by atoms with Crippen LogP contribution in [0.1, 0.15) is 35.4 Å². The highest BCUT2D eigenvalue weighted by molar-refractivity contribution is 7.92. The summed E-state index contributed by atoms with van der Waals surface area (Å²) < 4.78 is 31.5. The van der Waals surface area contributed by atoms with E-state index < -0.39 is 10.0 Å². The van der Waals surface area contributed by atoms with Gasteiger partial charge in [-0.1, -0.05) is 30.3 Å². The van der Waals surface area contributed by atoms with Crippen molar-refractivity contribution >= 4 is 32.8 Å². The third-order valence-electron chi connectivity index (χ3n) is 5.27. The Morgan fingerprint density at radius 2 is 1.87 bits per heavy atom. The second-order valence-electron chi connectivity index (χ2n) is 7.30. The van der Waals surface area contributed by atoms with Crippen molar-refractivity contribution in [1.29, 1.82) is 0 Å². The summed E-state index contributed by atoms with van der Waals surface area (Å²) in [5, 5.41) is 9.15. The maximum absolute atomic E-state index is 11.8. The molecule has 31 heavy (non-hydrogen) atoms. The topological polar surface area (TPSA) is 71.0 Å². The Balaban J connectivity index is 1.58. The smallest absolute Gasteiger partial charge is 0.232 e. The Morgan fingerprint density at radius 3 is 2.48 bits per heavy atom. The summed E-state index contributed by atoms with van der Waals surface area (Å²) in [4.78, 5) is 1.26. The standard InChI is InChI=1S/C23H25N3O3S2/c1-3-31(27,28)25-19-10-6-17(7-11-19)22-15-23(18-8-12-20(29-2)13-9-18)26(24-22)16-21-5-4-14-30-21/h4-14,23,25H,3,15-16H2,1-2H3. The van der Waals surface area contributed by atoms with Gasteiger partial charge in [-0.2, -0.15) is 5.10 Å². The Morgan fingerprint density at radius 1 is 1.13 bits per heavy atom. The molecule has 0 saturated carbocycles. The fourth-order valence-corrected chi connectivity index (χ4v) is 4.87. The van der Waals surface area contributed by atoms with Crippen LogP contribution >= 0.6 is 11.3 Å². The van der Waals surface area contributed by atoms with Gasteiger partial charge in [-0.3, -0.25) is 9.73 Å². The largest absolute Gasteiger partial charge is 0.497 e. The molecule has 2 heterocycles. The molecule has 6 nitrogen and oxygen atoms in total. The molecule has 0 saturated heterocycles. The lowest BCUT2D eigenvalue weighted by molar-refractivity contribution is 0.226. The molecule has 0 radical (unpaired) electrons. The van der Waals surface area contributed by atoms with Gasteiger partial charge in [0, 0.05) is 17.0 Å². The summed E-state index contributed by atoms with van der Waals surface area (Å²) in [5.41, 5.74) is 3.73. The number of nitrogens with zero attached hydrogens (tertiary/aromatic N) is 2. The molecule has 0 bridgehead atoms. The molecule has 0 spiro atoms. The van der Waals surface area contributed by atoms with Gasteiger partial charge in [0.25, 0.3) is 0 Å². The fraction of sp³-hybridized carbons (Fsp3) is 0.261. The minimum Gasteiger partial charge on any atom is -0.497 e. The van der Waals surface area contributed by atoms with Crippen molar-refractivity contribution in [3.05, 3.63) is 82.0 Å². The van der Waals surface area contributed by atoms with Crippen LogP contribution < -0.4 is 9.46 Å². The van der Waals surface area contributed by atoms with Gasteiger partial charge in [-0.15, -0.1) is 11.3 Å². The molecule has 0 fully saturated rings. The number of hydrazone groups is 1. The zero-order valence-electron chi connectivity index (χ0n) is 17.5. The first-order valence-electron chi connectivity index (χ1n) is 10.1. The molecule has 8 heteroatoms. The summed E-state index contributed by atoms with van der Waals surface area (Å²) in [6.45, 7) is 2.36. The Kier molecular flexibility index (Phi) is 6.29. The van der Waals surface area contributed by atoms with Gasteiger partial charge in [-0.25, -0.2) is 8.42 Å². The lowest BCUT2D eigenvalue weighted by Gasteiger charge is -2.23. The number of rotatable bonds is 8. The third kappa shape index (κ3) is 5.08. The molecule has 1 aliphatic rings. The molecule has 0 aliphatic carbocycles. The van der Waals surface area contributed by atoms with Crippen LogP contribution in [0.3, 0.4) is 0 Å². The molecule has 2 aromatic carbocycles. The summed E-state index contributed by atoms with van der Waals surface area (Å²) >= 11 is 1.72. The lowest BCUT2D eigenvalue weighted by atomic mass is 9.98. The van der Waals surface area contributed by atoms with Crippen LogP contribution in [0.5, 0.6) is 5.75 Å². The van der Waals surface area contributed by atoms with Crippen molar-refractivity contribution in [3.63, 3.8) is 0 Å². The minimum atomic E-state index is -3.29. The van der Waals surface area contributed by atoms with Crippen LogP contribution in [0, 0.1) is 0 Å². The average molecular weight is 456 g/mol. The maximum atomic E-state index is 11.8. The van der Waals surface area contributed by atoms with Crippen molar-refractivity contribution in [2.75, 3.05) is 17.6 Å². The molecule has 0 amide bonds. The van der Waals surface area contributed by atoms with E-state index in [-0.39, 0.29) is 11.8 Å². The number of anilines is 1. The van der Waals surface area contributed by atoms with E-state index >= 15 is 0 Å². The van der Waals surface area contributed by atoms with Crippen LogP contribution in [0.2, 0.25) is 0 Å². The molecule has 1 atom stereocenters. The zero-order chi connectivity index (χ0) is 21.8. The molecule has 1 unspecified atom stereocenters. The predicted molar refractivity (Wildman–Crippen MR) is 126 cm³/mol. The number of thiophene rings is 1. The van der Waals surface area contributed by atoms with Gasteiger partial charge in [0.15, 0.2) is 0 Å². The normalized spacial score (nSPS) is 16.3. The zero-order valence-corrected chi connectivity index (χ0v) is 19.1. The number of hydrogen-bond donors (Lipinski definition) is 1. The average Bonchev–Trinajstić information content (AvgIpc) is 3.45. The molecule has 1 aliphatic heterocycles. The molecular formula is C23H25N3O3S2. The second-order valence-corrected chi connectivity index (χ2v) is 10.3. The quantitative estimate of drug-likeness (QED) is 0.526. The monoisotopic (exact) mass is 455 g/mol. The highest BCUT2D eigenvalue weighted by Gasteiger charge is 2.29. The number of nitrogens with one attached hydrogen (secondary N) is 1.